The fourth-order valence-corrected chi connectivity index (χ4v) is 3.45. The van der Waals surface area contributed by atoms with Crippen molar-refractivity contribution in [3.05, 3.63) is 83.9 Å². The van der Waals surface area contributed by atoms with Gasteiger partial charge in [0.15, 0.2) is 0 Å². The monoisotopic (exact) mass is 390 g/mol. The highest BCUT2D eigenvalue weighted by Gasteiger charge is 2.20. The van der Waals surface area contributed by atoms with Crippen molar-refractivity contribution in [2.24, 2.45) is 0 Å². The molecule has 0 atom stereocenters. The molecular formula is C23H23FN4O. The number of hydrogen-bond donors (Lipinski definition) is 1. The highest BCUT2D eigenvalue weighted by Crippen LogP contribution is 2.22. The van der Waals surface area contributed by atoms with E-state index in [-0.39, 0.29) is 11.7 Å². The van der Waals surface area contributed by atoms with Gasteiger partial charge < -0.3 is 15.1 Å². The Morgan fingerprint density at radius 2 is 1.62 bits per heavy atom. The van der Waals surface area contributed by atoms with Crippen molar-refractivity contribution in [2.45, 2.75) is 6.92 Å². The molecule has 0 aliphatic carbocycles. The molecule has 1 N–H and O–H groups in total. The number of aryl methyl sites for hydroxylation is 1. The maximum atomic E-state index is 14.0. The summed E-state index contributed by atoms with van der Waals surface area (Å²) < 4.78 is 14.0. The summed E-state index contributed by atoms with van der Waals surface area (Å²) >= 11 is 0. The summed E-state index contributed by atoms with van der Waals surface area (Å²) in [6.07, 6.45) is 1.73. The Morgan fingerprint density at radius 1 is 0.931 bits per heavy atom. The van der Waals surface area contributed by atoms with Crippen molar-refractivity contribution in [1.29, 1.82) is 0 Å². The van der Waals surface area contributed by atoms with Crippen LogP contribution in [0.5, 0.6) is 0 Å². The second-order valence-corrected chi connectivity index (χ2v) is 7.15. The SMILES string of the molecule is Cc1ccc(NC(=O)c2ccc(N3CCN(c4ccccc4F)CC3)cn2)cc1. The lowest BCUT2D eigenvalue weighted by Gasteiger charge is -2.37. The molecule has 6 heteroatoms. The van der Waals surface area contributed by atoms with Crippen molar-refractivity contribution in [3.63, 3.8) is 0 Å². The predicted molar refractivity (Wildman–Crippen MR) is 114 cm³/mol. The van der Waals surface area contributed by atoms with E-state index in [1.54, 1.807) is 18.3 Å². The number of nitrogens with one attached hydrogen (secondary N) is 1. The number of halogens is 1. The van der Waals surface area contributed by atoms with E-state index >= 15 is 0 Å². The maximum Gasteiger partial charge on any atom is 0.274 e. The predicted octanol–water partition coefficient (Wildman–Crippen LogP) is 4.11. The van der Waals surface area contributed by atoms with Gasteiger partial charge in [-0.1, -0.05) is 29.8 Å². The summed E-state index contributed by atoms with van der Waals surface area (Å²) in [5.74, 6) is -0.420. The molecule has 1 amide bonds. The summed E-state index contributed by atoms with van der Waals surface area (Å²) in [7, 11) is 0. The molecule has 148 valence electrons. The number of pyridine rings is 1. The number of amides is 1. The lowest BCUT2D eigenvalue weighted by atomic mass is 10.2. The first kappa shape index (κ1) is 18.9. The van der Waals surface area contributed by atoms with Crippen LogP contribution in [0.15, 0.2) is 66.9 Å². The van der Waals surface area contributed by atoms with Gasteiger partial charge in [0.25, 0.3) is 5.91 Å². The van der Waals surface area contributed by atoms with Gasteiger partial charge in [0.05, 0.1) is 17.6 Å². The number of carbonyl (C=O) groups excluding carboxylic acids is 1. The number of benzene rings is 2. The van der Waals surface area contributed by atoms with Gasteiger partial charge in [0.2, 0.25) is 0 Å². The van der Waals surface area contributed by atoms with E-state index < -0.39 is 0 Å². The van der Waals surface area contributed by atoms with Crippen LogP contribution in [-0.4, -0.2) is 37.1 Å². The van der Waals surface area contributed by atoms with Crippen molar-refractivity contribution < 1.29 is 9.18 Å². The first-order valence-electron chi connectivity index (χ1n) is 9.69. The van der Waals surface area contributed by atoms with Crippen molar-refractivity contribution in [3.8, 4) is 0 Å². The van der Waals surface area contributed by atoms with E-state index in [1.165, 1.54) is 6.07 Å². The first-order valence-corrected chi connectivity index (χ1v) is 9.69. The van der Waals surface area contributed by atoms with Gasteiger partial charge >= 0.3 is 0 Å². The van der Waals surface area contributed by atoms with E-state index in [0.29, 0.717) is 11.4 Å². The van der Waals surface area contributed by atoms with Crippen LogP contribution in [0.4, 0.5) is 21.5 Å². The molecule has 3 aromatic rings. The third kappa shape index (κ3) is 4.37. The normalized spacial score (nSPS) is 14.0. The number of aromatic nitrogens is 1. The molecule has 5 nitrogen and oxygen atoms in total. The summed E-state index contributed by atoms with van der Waals surface area (Å²) in [5, 5.41) is 2.86. The Bertz CT molecular complexity index is 981. The average molecular weight is 390 g/mol. The molecule has 29 heavy (non-hydrogen) atoms. The van der Waals surface area contributed by atoms with E-state index in [1.807, 2.05) is 49.4 Å². The number of hydrogen-bond acceptors (Lipinski definition) is 4. The minimum atomic E-state index is -0.232. The fourth-order valence-electron chi connectivity index (χ4n) is 3.45. The van der Waals surface area contributed by atoms with Crippen LogP contribution >= 0.6 is 0 Å². The Kier molecular flexibility index (Phi) is 5.42. The zero-order valence-electron chi connectivity index (χ0n) is 16.3. The summed E-state index contributed by atoms with van der Waals surface area (Å²) in [6.45, 7) is 5.01. The topological polar surface area (TPSA) is 48.5 Å². The van der Waals surface area contributed by atoms with Gasteiger partial charge in [-0.05, 0) is 43.3 Å². The smallest absolute Gasteiger partial charge is 0.274 e. The molecule has 0 radical (unpaired) electrons. The van der Waals surface area contributed by atoms with E-state index in [4.69, 9.17) is 0 Å². The van der Waals surface area contributed by atoms with Gasteiger partial charge in [-0.3, -0.25) is 4.79 Å². The van der Waals surface area contributed by atoms with Gasteiger partial charge in [0, 0.05) is 31.9 Å². The highest BCUT2D eigenvalue weighted by atomic mass is 19.1. The van der Waals surface area contributed by atoms with Crippen molar-refractivity contribution in [1.82, 2.24) is 4.98 Å². The number of carbonyl (C=O) groups is 1. The number of rotatable bonds is 4. The Hall–Kier alpha value is -3.41. The molecule has 1 saturated heterocycles. The molecule has 0 spiro atoms. The second-order valence-electron chi connectivity index (χ2n) is 7.15. The molecular weight excluding hydrogens is 367 g/mol. The van der Waals surface area contributed by atoms with Gasteiger partial charge in [-0.15, -0.1) is 0 Å². The molecule has 1 fully saturated rings. The van der Waals surface area contributed by atoms with Crippen LogP contribution in [0.2, 0.25) is 0 Å². The van der Waals surface area contributed by atoms with Gasteiger partial charge in [-0.25, -0.2) is 9.37 Å². The van der Waals surface area contributed by atoms with Crippen LogP contribution in [0.3, 0.4) is 0 Å². The molecule has 0 saturated carbocycles. The molecule has 0 unspecified atom stereocenters. The number of piperazine rings is 1. The summed E-state index contributed by atoms with van der Waals surface area (Å²) in [5.41, 5.74) is 3.87. The van der Waals surface area contributed by atoms with Crippen LogP contribution in [0, 0.1) is 12.7 Å². The maximum absolute atomic E-state index is 14.0. The largest absolute Gasteiger partial charge is 0.367 e. The Labute approximate surface area is 169 Å². The van der Waals surface area contributed by atoms with Crippen LogP contribution in [-0.2, 0) is 0 Å². The zero-order chi connectivity index (χ0) is 20.2. The first-order chi connectivity index (χ1) is 14.1. The number of anilines is 3. The van der Waals surface area contributed by atoms with Gasteiger partial charge in [-0.2, -0.15) is 0 Å². The molecule has 1 aliphatic rings. The van der Waals surface area contributed by atoms with Gasteiger partial charge in [0.1, 0.15) is 11.5 Å². The minimum absolute atomic E-state index is 0.188. The van der Waals surface area contributed by atoms with E-state index in [0.717, 1.165) is 43.1 Å². The van der Waals surface area contributed by atoms with Crippen LogP contribution < -0.4 is 15.1 Å². The summed E-state index contributed by atoms with van der Waals surface area (Å²) in [4.78, 5) is 21.0. The lowest BCUT2D eigenvalue weighted by molar-refractivity contribution is 0.102. The second kappa shape index (κ2) is 8.31. The molecule has 4 rings (SSSR count). The standard InChI is InChI=1S/C23H23FN4O/c1-17-6-8-18(9-7-17)26-23(29)21-11-10-19(16-25-21)27-12-14-28(15-13-27)22-5-3-2-4-20(22)24/h2-11,16H,12-15H2,1H3,(H,26,29). The van der Waals surface area contributed by atoms with Crippen molar-refractivity contribution in [2.75, 3.05) is 41.3 Å². The van der Waals surface area contributed by atoms with E-state index in [9.17, 15) is 9.18 Å². The zero-order valence-corrected chi connectivity index (χ0v) is 16.3. The van der Waals surface area contributed by atoms with E-state index in [2.05, 4.69) is 20.1 Å². The summed E-state index contributed by atoms with van der Waals surface area (Å²) in [6, 6.07) is 18.2. The third-order valence-electron chi connectivity index (χ3n) is 5.13. The van der Waals surface area contributed by atoms with Crippen LogP contribution in [0.1, 0.15) is 16.1 Å². The van der Waals surface area contributed by atoms with Crippen LogP contribution in [0.25, 0.3) is 0 Å². The highest BCUT2D eigenvalue weighted by molar-refractivity contribution is 6.02. The average Bonchev–Trinajstić information content (AvgIpc) is 2.76. The molecule has 0 bridgehead atoms. The molecule has 1 aliphatic heterocycles. The Morgan fingerprint density at radius 3 is 2.28 bits per heavy atom. The molecule has 1 aromatic heterocycles. The third-order valence-corrected chi connectivity index (χ3v) is 5.13. The molecule has 2 aromatic carbocycles. The fraction of sp³-hybridized carbons (Fsp3) is 0.217. The molecule has 2 heterocycles. The lowest BCUT2D eigenvalue weighted by Crippen LogP contribution is -2.46. The quantitative estimate of drug-likeness (QED) is 0.728. The number of nitrogens with zero attached hydrogens (tertiary/aromatic N) is 3. The minimum Gasteiger partial charge on any atom is -0.367 e. The van der Waals surface area contributed by atoms with Crippen molar-refractivity contribution >= 4 is 23.0 Å². The number of para-hydroxylation sites is 1. The Balaban J connectivity index is 1.36.